The quantitative estimate of drug-likeness (QED) is 0.354. The Bertz CT molecular complexity index is 935. The van der Waals surface area contributed by atoms with Gasteiger partial charge in [-0.25, -0.2) is 12.7 Å². The van der Waals surface area contributed by atoms with Crippen molar-refractivity contribution in [2.45, 2.75) is 25.8 Å². The molecular weight excluding hydrogens is 499 g/mol. The Morgan fingerprint density at radius 2 is 1.83 bits per heavy atom. The fourth-order valence-corrected chi connectivity index (χ4v) is 4.67. The van der Waals surface area contributed by atoms with Gasteiger partial charge in [0.05, 0.1) is 12.3 Å². The van der Waals surface area contributed by atoms with Crippen molar-refractivity contribution in [1.29, 1.82) is 0 Å². The van der Waals surface area contributed by atoms with Gasteiger partial charge in [0.15, 0.2) is 5.96 Å². The normalized spacial score (nSPS) is 17.6. The van der Waals surface area contributed by atoms with Crippen molar-refractivity contribution < 1.29 is 8.42 Å². The molecule has 2 N–H and O–H groups in total. The number of benzene rings is 2. The van der Waals surface area contributed by atoms with E-state index in [1.165, 1.54) is 22.6 Å². The highest BCUT2D eigenvalue weighted by Crippen LogP contribution is 2.24. The van der Waals surface area contributed by atoms with Crippen LogP contribution in [0.4, 0.5) is 0 Å². The Morgan fingerprint density at radius 3 is 2.48 bits per heavy atom. The van der Waals surface area contributed by atoms with E-state index in [1.807, 2.05) is 0 Å². The highest BCUT2D eigenvalue weighted by Gasteiger charge is 2.25. The zero-order valence-electron chi connectivity index (χ0n) is 17.3. The highest BCUT2D eigenvalue weighted by atomic mass is 127. The van der Waals surface area contributed by atoms with E-state index in [0.717, 1.165) is 25.3 Å². The summed E-state index contributed by atoms with van der Waals surface area (Å²) >= 11 is 0. The number of nitrogens with one attached hydrogen (secondary N) is 2. The van der Waals surface area contributed by atoms with E-state index in [1.54, 1.807) is 11.4 Å². The first-order valence-electron chi connectivity index (χ1n) is 9.78. The molecule has 2 aromatic rings. The fraction of sp³-hybridized carbons (Fsp3) is 0.476. The molecule has 3 rings (SSSR count). The Hall–Kier alpha value is -1.39. The average Bonchev–Trinajstić information content (AvgIpc) is 2.70. The minimum Gasteiger partial charge on any atom is -0.356 e. The van der Waals surface area contributed by atoms with Crippen LogP contribution in [0, 0.1) is 5.92 Å². The molecule has 0 spiro atoms. The standard InChI is InChI=1S/C21H30N4O2S.HI/c1-16(19-10-6-8-18-7-4-5-9-20(18)19)24-21(22-2)23-15-17-11-13-25(14-12-17)28(3,26)27;/h4-10,16-17H,11-15H2,1-3H3,(H2,22,23,24);1H. The minimum absolute atomic E-state index is 0. The lowest BCUT2D eigenvalue weighted by atomic mass is 9.98. The van der Waals surface area contributed by atoms with E-state index in [-0.39, 0.29) is 30.0 Å². The SMILES string of the molecule is CN=C(NCC1CCN(S(C)(=O)=O)CC1)NC(C)c1cccc2ccccc12.I. The number of halogens is 1. The zero-order chi connectivity index (χ0) is 20.1. The van der Waals surface area contributed by atoms with Gasteiger partial charge in [0.25, 0.3) is 0 Å². The monoisotopic (exact) mass is 530 g/mol. The maximum Gasteiger partial charge on any atom is 0.211 e. The summed E-state index contributed by atoms with van der Waals surface area (Å²) in [6.45, 7) is 4.13. The Morgan fingerprint density at radius 1 is 1.17 bits per heavy atom. The maximum atomic E-state index is 11.6. The molecule has 2 aromatic carbocycles. The molecule has 1 aliphatic rings. The summed E-state index contributed by atoms with van der Waals surface area (Å²) in [5.41, 5.74) is 1.24. The van der Waals surface area contributed by atoms with Crippen molar-refractivity contribution in [2.24, 2.45) is 10.9 Å². The zero-order valence-corrected chi connectivity index (χ0v) is 20.4. The third-order valence-corrected chi connectivity index (χ3v) is 6.77. The molecule has 1 heterocycles. The van der Waals surface area contributed by atoms with E-state index in [4.69, 9.17) is 0 Å². The van der Waals surface area contributed by atoms with Gasteiger partial charge in [-0.1, -0.05) is 42.5 Å². The molecule has 1 fully saturated rings. The number of piperidine rings is 1. The van der Waals surface area contributed by atoms with Crippen LogP contribution in [0.1, 0.15) is 31.4 Å². The van der Waals surface area contributed by atoms with E-state index in [2.05, 4.69) is 65.0 Å². The lowest BCUT2D eigenvalue weighted by Gasteiger charge is -2.30. The van der Waals surface area contributed by atoms with Gasteiger partial charge < -0.3 is 10.6 Å². The van der Waals surface area contributed by atoms with E-state index in [0.29, 0.717) is 19.0 Å². The van der Waals surface area contributed by atoms with E-state index < -0.39 is 10.0 Å². The number of hydrogen-bond acceptors (Lipinski definition) is 3. The summed E-state index contributed by atoms with van der Waals surface area (Å²) in [4.78, 5) is 4.36. The number of rotatable bonds is 5. The molecule has 160 valence electrons. The fourth-order valence-electron chi connectivity index (χ4n) is 3.79. The molecule has 0 saturated carbocycles. The van der Waals surface area contributed by atoms with Crippen LogP contribution < -0.4 is 10.6 Å². The summed E-state index contributed by atoms with van der Waals surface area (Å²) in [6.07, 6.45) is 3.03. The van der Waals surface area contributed by atoms with Crippen LogP contribution >= 0.6 is 24.0 Å². The summed E-state index contributed by atoms with van der Waals surface area (Å²) in [5.74, 6) is 1.22. The molecular formula is C21H31IN4O2S. The largest absolute Gasteiger partial charge is 0.356 e. The average molecular weight is 530 g/mol. The van der Waals surface area contributed by atoms with E-state index in [9.17, 15) is 8.42 Å². The Labute approximate surface area is 191 Å². The lowest BCUT2D eigenvalue weighted by Crippen LogP contribution is -2.44. The van der Waals surface area contributed by atoms with Crippen LogP contribution in [0.3, 0.4) is 0 Å². The van der Waals surface area contributed by atoms with Crippen molar-refractivity contribution in [3.05, 3.63) is 48.0 Å². The molecule has 0 bridgehead atoms. The van der Waals surface area contributed by atoms with Crippen molar-refractivity contribution in [2.75, 3.05) is 32.9 Å². The van der Waals surface area contributed by atoms with Crippen LogP contribution in [0.15, 0.2) is 47.5 Å². The summed E-state index contributed by atoms with van der Waals surface area (Å²) in [7, 11) is -1.30. The van der Waals surface area contributed by atoms with Gasteiger partial charge in [0, 0.05) is 26.7 Å². The Balaban J connectivity index is 0.00000300. The highest BCUT2D eigenvalue weighted by molar-refractivity contribution is 14.0. The second kappa shape index (κ2) is 10.6. The molecule has 29 heavy (non-hydrogen) atoms. The first-order valence-corrected chi connectivity index (χ1v) is 11.6. The molecule has 1 unspecified atom stereocenters. The lowest BCUT2D eigenvalue weighted by molar-refractivity contribution is 0.274. The minimum atomic E-state index is -3.07. The summed E-state index contributed by atoms with van der Waals surface area (Å²) in [5, 5.41) is 9.37. The molecule has 0 amide bonds. The van der Waals surface area contributed by atoms with E-state index >= 15 is 0 Å². The second-order valence-corrected chi connectivity index (χ2v) is 9.48. The van der Waals surface area contributed by atoms with Crippen LogP contribution in [0.5, 0.6) is 0 Å². The summed E-state index contributed by atoms with van der Waals surface area (Å²) in [6, 6.07) is 14.9. The van der Waals surface area contributed by atoms with Gasteiger partial charge in [-0.2, -0.15) is 0 Å². The van der Waals surface area contributed by atoms with Crippen molar-refractivity contribution >= 4 is 50.7 Å². The van der Waals surface area contributed by atoms with Gasteiger partial charge in [0.1, 0.15) is 0 Å². The number of hydrogen-bond donors (Lipinski definition) is 2. The van der Waals surface area contributed by atoms with Gasteiger partial charge in [-0.15, -0.1) is 24.0 Å². The number of aliphatic imine (C=N–C) groups is 1. The van der Waals surface area contributed by atoms with Crippen LogP contribution in [-0.4, -0.2) is 51.6 Å². The maximum absolute atomic E-state index is 11.6. The molecule has 8 heteroatoms. The van der Waals surface area contributed by atoms with Gasteiger partial charge in [-0.05, 0) is 42.0 Å². The van der Waals surface area contributed by atoms with Crippen molar-refractivity contribution in [3.8, 4) is 0 Å². The third kappa shape index (κ3) is 6.29. The Kier molecular flexibility index (Phi) is 8.72. The topological polar surface area (TPSA) is 73.8 Å². The molecule has 0 aromatic heterocycles. The number of sulfonamides is 1. The van der Waals surface area contributed by atoms with Crippen LogP contribution in [0.2, 0.25) is 0 Å². The predicted octanol–water partition coefficient (Wildman–Crippen LogP) is 3.36. The number of fused-ring (bicyclic) bond motifs is 1. The molecule has 6 nitrogen and oxygen atoms in total. The number of nitrogens with zero attached hydrogens (tertiary/aromatic N) is 2. The summed E-state index contributed by atoms with van der Waals surface area (Å²) < 4.78 is 24.8. The molecule has 1 saturated heterocycles. The smallest absolute Gasteiger partial charge is 0.211 e. The van der Waals surface area contributed by atoms with Crippen LogP contribution in [0.25, 0.3) is 10.8 Å². The third-order valence-electron chi connectivity index (χ3n) is 5.47. The van der Waals surface area contributed by atoms with Crippen LogP contribution in [-0.2, 0) is 10.0 Å². The van der Waals surface area contributed by atoms with Gasteiger partial charge in [-0.3, -0.25) is 4.99 Å². The van der Waals surface area contributed by atoms with Gasteiger partial charge >= 0.3 is 0 Å². The molecule has 0 aliphatic carbocycles. The molecule has 1 atom stereocenters. The molecule has 0 radical (unpaired) electrons. The van der Waals surface area contributed by atoms with Crippen molar-refractivity contribution in [3.63, 3.8) is 0 Å². The number of guanidine groups is 1. The first kappa shape index (κ1) is 23.9. The van der Waals surface area contributed by atoms with Gasteiger partial charge in [0.2, 0.25) is 10.0 Å². The molecule has 1 aliphatic heterocycles. The first-order chi connectivity index (χ1) is 13.4. The van der Waals surface area contributed by atoms with Crippen molar-refractivity contribution in [1.82, 2.24) is 14.9 Å². The predicted molar refractivity (Wildman–Crippen MR) is 131 cm³/mol. The second-order valence-electron chi connectivity index (χ2n) is 7.49.